The number of aromatic nitrogens is 3. The van der Waals surface area contributed by atoms with Gasteiger partial charge in [0.2, 0.25) is 0 Å². The second-order valence-electron chi connectivity index (χ2n) is 5.98. The average Bonchev–Trinajstić information content (AvgIpc) is 2.99. The number of rotatable bonds is 6. The molecule has 0 saturated heterocycles. The van der Waals surface area contributed by atoms with Gasteiger partial charge in [-0.2, -0.15) is 0 Å². The molecule has 0 radical (unpaired) electrons. The lowest BCUT2D eigenvalue weighted by Crippen LogP contribution is -2.38. The number of ether oxygens (including phenoxy) is 2. The monoisotopic (exact) mass is 486 g/mol. The predicted molar refractivity (Wildman–Crippen MR) is 115 cm³/mol. The van der Waals surface area contributed by atoms with Crippen LogP contribution in [0.4, 0.5) is 0 Å². The zero-order chi connectivity index (χ0) is 18.2. The van der Waals surface area contributed by atoms with Gasteiger partial charge in [-0.05, 0) is 17.7 Å². The Labute approximate surface area is 176 Å². The minimum atomic E-state index is 0. The van der Waals surface area contributed by atoms with Crippen LogP contribution in [-0.4, -0.2) is 47.5 Å². The summed E-state index contributed by atoms with van der Waals surface area (Å²) in [4.78, 5) is 4.26. The van der Waals surface area contributed by atoms with Crippen molar-refractivity contribution in [1.82, 2.24) is 25.4 Å². The number of nitrogens with one attached hydrogen (secondary N) is 2. The summed E-state index contributed by atoms with van der Waals surface area (Å²) in [6, 6.07) is 6.02. The maximum atomic E-state index is 5.74. The lowest BCUT2D eigenvalue weighted by atomic mass is 10.2. The van der Waals surface area contributed by atoms with Gasteiger partial charge in [0.15, 0.2) is 17.5 Å². The normalized spacial score (nSPS) is 13.5. The highest BCUT2D eigenvalue weighted by Crippen LogP contribution is 2.30. The van der Waals surface area contributed by atoms with Crippen molar-refractivity contribution in [3.8, 4) is 11.5 Å². The van der Waals surface area contributed by atoms with Crippen LogP contribution in [0.15, 0.2) is 29.5 Å². The number of benzene rings is 1. The Morgan fingerprint density at radius 2 is 2.04 bits per heavy atom. The fourth-order valence-corrected chi connectivity index (χ4v) is 2.76. The highest BCUT2D eigenvalue weighted by Gasteiger charge is 2.10. The van der Waals surface area contributed by atoms with Crippen molar-refractivity contribution >= 4 is 29.9 Å². The van der Waals surface area contributed by atoms with E-state index in [4.69, 9.17) is 9.47 Å². The summed E-state index contributed by atoms with van der Waals surface area (Å²) in [5.74, 6) is 3.36. The quantitative estimate of drug-likeness (QED) is 0.369. The van der Waals surface area contributed by atoms with Gasteiger partial charge < -0.3 is 24.7 Å². The number of hydrogen-bond donors (Lipinski definition) is 2. The van der Waals surface area contributed by atoms with E-state index in [1.807, 2.05) is 22.8 Å². The Bertz CT molecular complexity index is 749. The molecular formula is C18H27IN6O2. The predicted octanol–water partition coefficient (Wildman–Crippen LogP) is 1.98. The number of aliphatic imine (C=N–C) groups is 1. The van der Waals surface area contributed by atoms with E-state index < -0.39 is 0 Å². The van der Waals surface area contributed by atoms with E-state index in [1.165, 1.54) is 0 Å². The summed E-state index contributed by atoms with van der Waals surface area (Å²) in [6.45, 7) is 5.66. The number of hydrogen-bond acceptors (Lipinski definition) is 5. The van der Waals surface area contributed by atoms with Crippen molar-refractivity contribution in [3.05, 3.63) is 35.9 Å². The topological polar surface area (TPSA) is 85.6 Å². The summed E-state index contributed by atoms with van der Waals surface area (Å²) >= 11 is 0. The largest absolute Gasteiger partial charge is 0.490 e. The van der Waals surface area contributed by atoms with Crippen molar-refractivity contribution in [2.24, 2.45) is 4.99 Å². The molecule has 1 aliphatic heterocycles. The first-order chi connectivity index (χ1) is 12.8. The van der Waals surface area contributed by atoms with Crippen LogP contribution >= 0.6 is 24.0 Å². The number of fused-ring (bicyclic) bond motifs is 1. The molecule has 9 heteroatoms. The number of aryl methyl sites for hydroxylation is 1. The van der Waals surface area contributed by atoms with Gasteiger partial charge in [0, 0.05) is 39.5 Å². The summed E-state index contributed by atoms with van der Waals surface area (Å²) in [5.41, 5.74) is 1.12. The average molecular weight is 486 g/mol. The molecule has 2 aromatic rings. The van der Waals surface area contributed by atoms with Gasteiger partial charge in [-0.15, -0.1) is 34.2 Å². The number of halogens is 1. The van der Waals surface area contributed by atoms with Gasteiger partial charge in [-0.3, -0.25) is 4.99 Å². The van der Waals surface area contributed by atoms with Crippen molar-refractivity contribution in [3.63, 3.8) is 0 Å². The molecule has 1 aromatic heterocycles. The lowest BCUT2D eigenvalue weighted by molar-refractivity contribution is 0.297. The molecule has 0 atom stereocenters. The Kier molecular flexibility index (Phi) is 8.62. The van der Waals surface area contributed by atoms with Crippen LogP contribution < -0.4 is 20.1 Å². The maximum Gasteiger partial charge on any atom is 0.191 e. The first-order valence-electron chi connectivity index (χ1n) is 9.00. The molecule has 3 rings (SSSR count). The van der Waals surface area contributed by atoms with E-state index in [1.54, 1.807) is 13.4 Å². The standard InChI is InChI=1S/C18H26N6O2.HI/c1-3-17-23-22-13-24(17)8-7-20-18(19-2)21-12-14-5-6-15-16(11-14)26-10-4-9-25-15;/h5-6,11,13H,3-4,7-10,12H2,1-2H3,(H2,19,20,21);1H. The molecule has 1 aliphatic rings. The molecule has 27 heavy (non-hydrogen) atoms. The smallest absolute Gasteiger partial charge is 0.191 e. The van der Waals surface area contributed by atoms with Crippen LogP contribution in [0.3, 0.4) is 0 Å². The molecule has 0 aliphatic carbocycles. The van der Waals surface area contributed by atoms with Crippen LogP contribution in [0.5, 0.6) is 11.5 Å². The van der Waals surface area contributed by atoms with Gasteiger partial charge in [0.05, 0.1) is 13.2 Å². The SMILES string of the molecule is CCc1nncn1CCNC(=NC)NCc1ccc2c(c1)OCCCO2.I. The molecule has 2 N–H and O–H groups in total. The zero-order valence-corrected chi connectivity index (χ0v) is 18.1. The van der Waals surface area contributed by atoms with E-state index in [2.05, 4.69) is 32.7 Å². The molecule has 8 nitrogen and oxygen atoms in total. The fraction of sp³-hybridized carbons (Fsp3) is 0.500. The van der Waals surface area contributed by atoms with Crippen LogP contribution in [0.2, 0.25) is 0 Å². The van der Waals surface area contributed by atoms with Crippen molar-refractivity contribution in [2.45, 2.75) is 32.9 Å². The molecule has 2 heterocycles. The zero-order valence-electron chi connectivity index (χ0n) is 15.8. The summed E-state index contributed by atoms with van der Waals surface area (Å²) < 4.78 is 13.4. The number of guanidine groups is 1. The Morgan fingerprint density at radius 1 is 1.22 bits per heavy atom. The maximum absolute atomic E-state index is 5.74. The summed E-state index contributed by atoms with van der Waals surface area (Å²) in [7, 11) is 1.76. The minimum Gasteiger partial charge on any atom is -0.490 e. The molecule has 0 unspecified atom stereocenters. The molecule has 0 spiro atoms. The summed E-state index contributed by atoms with van der Waals surface area (Å²) in [6.07, 6.45) is 3.54. The van der Waals surface area contributed by atoms with E-state index in [-0.39, 0.29) is 24.0 Å². The fourth-order valence-electron chi connectivity index (χ4n) is 2.76. The van der Waals surface area contributed by atoms with E-state index in [9.17, 15) is 0 Å². The van der Waals surface area contributed by atoms with Crippen LogP contribution in [0.1, 0.15) is 24.7 Å². The van der Waals surface area contributed by atoms with Gasteiger partial charge >= 0.3 is 0 Å². The third-order valence-corrected chi connectivity index (χ3v) is 4.15. The van der Waals surface area contributed by atoms with E-state index in [0.29, 0.717) is 19.8 Å². The lowest BCUT2D eigenvalue weighted by Gasteiger charge is -2.14. The highest BCUT2D eigenvalue weighted by atomic mass is 127. The molecule has 148 valence electrons. The molecule has 0 fully saturated rings. The molecule has 0 amide bonds. The molecule has 0 bridgehead atoms. The van der Waals surface area contributed by atoms with Crippen LogP contribution in [0, 0.1) is 0 Å². The van der Waals surface area contributed by atoms with Gasteiger partial charge in [-0.1, -0.05) is 13.0 Å². The first kappa shape index (κ1) is 21.3. The van der Waals surface area contributed by atoms with Crippen LogP contribution in [-0.2, 0) is 19.5 Å². The van der Waals surface area contributed by atoms with Crippen LogP contribution in [0.25, 0.3) is 0 Å². The van der Waals surface area contributed by atoms with Gasteiger partial charge in [-0.25, -0.2) is 0 Å². The van der Waals surface area contributed by atoms with E-state index >= 15 is 0 Å². The number of nitrogens with zero attached hydrogens (tertiary/aromatic N) is 4. The third kappa shape index (κ3) is 5.98. The molecular weight excluding hydrogens is 459 g/mol. The van der Waals surface area contributed by atoms with E-state index in [0.717, 1.165) is 54.8 Å². The Morgan fingerprint density at radius 3 is 2.81 bits per heavy atom. The first-order valence-corrected chi connectivity index (χ1v) is 9.00. The summed E-state index contributed by atoms with van der Waals surface area (Å²) in [5, 5.41) is 14.7. The van der Waals surface area contributed by atoms with Crippen molar-refractivity contribution < 1.29 is 9.47 Å². The Balaban J connectivity index is 0.00000261. The minimum absolute atomic E-state index is 0. The highest BCUT2D eigenvalue weighted by molar-refractivity contribution is 14.0. The molecule has 1 aromatic carbocycles. The van der Waals surface area contributed by atoms with Gasteiger partial charge in [0.1, 0.15) is 12.2 Å². The van der Waals surface area contributed by atoms with Crippen molar-refractivity contribution in [1.29, 1.82) is 0 Å². The Hall–Kier alpha value is -2.04. The second kappa shape index (κ2) is 11.0. The van der Waals surface area contributed by atoms with Crippen molar-refractivity contribution in [2.75, 3.05) is 26.8 Å². The van der Waals surface area contributed by atoms with Gasteiger partial charge in [0.25, 0.3) is 0 Å². The second-order valence-corrected chi connectivity index (χ2v) is 5.98. The third-order valence-electron chi connectivity index (χ3n) is 4.15. The molecule has 0 saturated carbocycles.